The molecule has 15 heavy (non-hydrogen) atoms. The Morgan fingerprint density at radius 1 is 1.27 bits per heavy atom. The Hall–Kier alpha value is 1.76. The molecular weight excluding hydrogens is 457 g/mol. The van der Waals surface area contributed by atoms with Crippen molar-refractivity contribution >= 4 is 54.5 Å². The van der Waals surface area contributed by atoms with Crippen LogP contribution in [0.2, 0.25) is 0 Å². The molecule has 0 saturated carbocycles. The number of hydrogen-bond donors (Lipinski definition) is 0. The van der Waals surface area contributed by atoms with Crippen LogP contribution in [0.4, 0.5) is 0 Å². The van der Waals surface area contributed by atoms with Gasteiger partial charge in [-0.1, -0.05) is 26.2 Å². The summed E-state index contributed by atoms with van der Waals surface area (Å²) in [5.74, 6) is 0. The van der Waals surface area contributed by atoms with Gasteiger partial charge in [-0.2, -0.15) is 0 Å². The van der Waals surface area contributed by atoms with Crippen molar-refractivity contribution in [2.45, 2.75) is 39.0 Å². The van der Waals surface area contributed by atoms with E-state index in [1.807, 2.05) is 0 Å². The number of hydrogen-bond acceptors (Lipinski definition) is 1. The second kappa shape index (κ2) is 12.2. The van der Waals surface area contributed by atoms with E-state index in [0.717, 1.165) is 0 Å². The molecule has 0 aliphatic carbocycles. The van der Waals surface area contributed by atoms with Gasteiger partial charge in [0.15, 0.2) is 0 Å². The van der Waals surface area contributed by atoms with Crippen LogP contribution >= 0.6 is 54.5 Å². The molecule has 1 aromatic rings. The van der Waals surface area contributed by atoms with E-state index in [0.29, 0.717) is 0 Å². The van der Waals surface area contributed by atoms with E-state index in [-0.39, 0.29) is 13.2 Å². The van der Waals surface area contributed by atoms with E-state index in [1.54, 1.807) is 11.3 Å². The number of aryl methyl sites for hydroxylation is 1. The first-order chi connectivity index (χ1) is 7.26. The Bertz CT molecular complexity index is 240. The normalized spacial score (nSPS) is 9.07. The third-order valence-corrected chi connectivity index (χ3v) is 3.80. The van der Waals surface area contributed by atoms with Crippen LogP contribution in [-0.2, 0) is 19.6 Å². The van der Waals surface area contributed by atoms with E-state index in [2.05, 4.69) is 61.5 Å². The molecule has 0 atom stereocenters. The van der Waals surface area contributed by atoms with Crippen molar-refractivity contribution in [3.05, 3.63) is 20.8 Å². The molecule has 0 unspecified atom stereocenters. The molecule has 5 heteroatoms. The number of unbranched alkanes of at least 4 members (excludes halogenated alkanes) is 3. The monoisotopic (exact) mass is 468 g/mol. The van der Waals surface area contributed by atoms with E-state index >= 15 is 0 Å². The average molecular weight is 472 g/mol. The van der Waals surface area contributed by atoms with E-state index in [9.17, 15) is 0 Å². The molecule has 0 radical (unpaired) electrons. The summed E-state index contributed by atoms with van der Waals surface area (Å²) in [7, 11) is 0. The quantitative estimate of drug-likeness (QED) is 0.348. The number of thiophene rings is 1. The van der Waals surface area contributed by atoms with Crippen molar-refractivity contribution < 1.29 is 13.2 Å². The van der Waals surface area contributed by atoms with Gasteiger partial charge >= 0.3 is 40.5 Å². The van der Waals surface area contributed by atoms with Crippen LogP contribution in [-0.4, -0.2) is 0 Å². The van der Waals surface area contributed by atoms with Gasteiger partial charge in [-0.15, -0.1) is 11.3 Å². The van der Waals surface area contributed by atoms with Crippen molar-refractivity contribution in [3.8, 4) is 0 Å². The molecule has 0 aliphatic heterocycles. The minimum atomic E-state index is -0.250. The fourth-order valence-corrected chi connectivity index (χ4v) is 2.57. The minimum absolute atomic E-state index is 0.250. The number of halogens is 3. The standard InChI is InChI=1S/C10H15BrS.2BrH.Zn/c1-2-3-4-5-6-9-7-8-12-10(9)11;;;/h7-8H,2-6H2,1H3;2*1H;/q;;;+2/p-2. The first-order valence-electron chi connectivity index (χ1n) is 5.10. The van der Waals surface area contributed by atoms with Gasteiger partial charge in [-0.3, -0.25) is 0 Å². The Morgan fingerprint density at radius 3 is 2.40 bits per heavy atom. The van der Waals surface area contributed by atoms with Gasteiger partial charge in [0.25, 0.3) is 0 Å². The van der Waals surface area contributed by atoms with Crippen LogP contribution in [0.5, 0.6) is 0 Å². The van der Waals surface area contributed by atoms with Crippen LogP contribution in [0, 0.1) is 0 Å². The first kappa shape index (κ1) is 16.8. The maximum atomic E-state index is 3.55. The van der Waals surface area contributed by atoms with Crippen molar-refractivity contribution in [1.29, 1.82) is 0 Å². The number of rotatable bonds is 5. The molecule has 0 spiro atoms. The summed E-state index contributed by atoms with van der Waals surface area (Å²) in [5, 5.41) is 2.15. The second-order valence-electron chi connectivity index (χ2n) is 3.13. The Labute approximate surface area is 126 Å². The van der Waals surface area contributed by atoms with Crippen LogP contribution in [0.3, 0.4) is 0 Å². The van der Waals surface area contributed by atoms with Crippen LogP contribution in [0.25, 0.3) is 0 Å². The molecular formula is C10H15Br3SZn. The van der Waals surface area contributed by atoms with E-state index < -0.39 is 0 Å². The van der Waals surface area contributed by atoms with Gasteiger partial charge in [0.1, 0.15) is 0 Å². The summed E-state index contributed by atoms with van der Waals surface area (Å²) in [6, 6.07) is 2.22. The predicted octanol–water partition coefficient (Wildman–Crippen LogP) is 6.32. The maximum absolute atomic E-state index is 3.55. The summed E-state index contributed by atoms with van der Waals surface area (Å²) in [6.45, 7) is 2.25. The summed E-state index contributed by atoms with van der Waals surface area (Å²) < 4.78 is 1.32. The molecule has 0 bridgehead atoms. The van der Waals surface area contributed by atoms with Gasteiger partial charge in [-0.05, 0) is 45.8 Å². The second-order valence-corrected chi connectivity index (χ2v) is 19.4. The summed E-state index contributed by atoms with van der Waals surface area (Å²) in [5.41, 5.74) is 1.48. The van der Waals surface area contributed by atoms with Crippen molar-refractivity contribution in [2.75, 3.05) is 0 Å². The molecule has 0 saturated heterocycles. The summed E-state index contributed by atoms with van der Waals surface area (Å²) in [6.07, 6.45) is 6.65. The molecule has 1 rings (SSSR count). The molecule has 1 heterocycles. The van der Waals surface area contributed by atoms with Gasteiger partial charge in [0.2, 0.25) is 0 Å². The average Bonchev–Trinajstić information content (AvgIpc) is 2.60. The zero-order valence-corrected chi connectivity index (χ0v) is 17.5. The van der Waals surface area contributed by atoms with Gasteiger partial charge in [0.05, 0.1) is 3.79 Å². The van der Waals surface area contributed by atoms with Crippen molar-refractivity contribution in [1.82, 2.24) is 0 Å². The van der Waals surface area contributed by atoms with Crippen molar-refractivity contribution in [2.24, 2.45) is 0 Å². The molecule has 84 valence electrons. The topological polar surface area (TPSA) is 0 Å². The van der Waals surface area contributed by atoms with Crippen molar-refractivity contribution in [3.63, 3.8) is 0 Å². The van der Waals surface area contributed by atoms with E-state index in [4.69, 9.17) is 0 Å². The molecule has 0 fully saturated rings. The zero-order valence-electron chi connectivity index (χ0n) is 8.94. The molecule has 0 aliphatic rings. The Kier molecular flexibility index (Phi) is 13.7. The summed E-state index contributed by atoms with van der Waals surface area (Å²) >= 11 is 11.6. The van der Waals surface area contributed by atoms with Crippen LogP contribution in [0.15, 0.2) is 15.2 Å². The fraction of sp³-hybridized carbons (Fsp3) is 0.600. The van der Waals surface area contributed by atoms with Crippen LogP contribution < -0.4 is 0 Å². The predicted molar refractivity (Wildman–Crippen MR) is 77.7 cm³/mol. The SMILES string of the molecule is CCCCCCc1ccsc1Br.[Br][Zn][Br]. The zero-order chi connectivity index (χ0) is 11.5. The Morgan fingerprint density at radius 2 is 1.93 bits per heavy atom. The molecule has 0 aromatic carbocycles. The first-order valence-corrected chi connectivity index (χ1v) is 20.7. The molecule has 1 aromatic heterocycles. The summed E-state index contributed by atoms with van der Waals surface area (Å²) in [4.78, 5) is 0. The van der Waals surface area contributed by atoms with Crippen LogP contribution in [0.1, 0.15) is 38.2 Å². The van der Waals surface area contributed by atoms with Gasteiger partial charge < -0.3 is 0 Å². The Balaban J connectivity index is 0.000000583. The molecule has 0 N–H and O–H groups in total. The third-order valence-electron chi connectivity index (χ3n) is 1.99. The molecule has 0 nitrogen and oxygen atoms in total. The molecule has 0 amide bonds. The third kappa shape index (κ3) is 9.46. The van der Waals surface area contributed by atoms with Gasteiger partial charge in [0, 0.05) is 0 Å². The fourth-order valence-electron chi connectivity index (χ4n) is 1.24. The van der Waals surface area contributed by atoms with Gasteiger partial charge in [-0.25, -0.2) is 0 Å². The van der Waals surface area contributed by atoms with E-state index in [1.165, 1.54) is 41.5 Å².